The first kappa shape index (κ1) is 61.9. The summed E-state index contributed by atoms with van der Waals surface area (Å²) in [5.74, 6) is -5.00. The number of aryl methyl sites for hydroxylation is 2. The first-order valence-corrected chi connectivity index (χ1v) is 30.6. The number of ether oxygens (including phenoxy) is 2. The fourth-order valence-electron chi connectivity index (χ4n) is 13.3. The number of pyridine rings is 4. The smallest absolute Gasteiger partial charge is 0.355 e. The lowest BCUT2D eigenvalue weighted by molar-refractivity contribution is -0.129. The molecule has 0 aliphatic carbocycles. The van der Waals surface area contributed by atoms with Crippen molar-refractivity contribution in [1.82, 2.24) is 48.8 Å². The molecule has 2 aromatic carbocycles. The molecule has 92 heavy (non-hydrogen) atoms. The summed E-state index contributed by atoms with van der Waals surface area (Å²) < 4.78 is 83.8. The number of nitriles is 2. The summed E-state index contributed by atoms with van der Waals surface area (Å²) >= 11 is 0. The molecule has 2 amide bonds. The number of benzene rings is 2. The molecule has 470 valence electrons. The molecule has 4 bridgehead atoms. The SMILES string of the molecule is CC(C)c1nccc2c1-n1c(=O)nc(N3C[C@@H](C)N(C(=O)/C=C/C#N)C[C@@H]3C)c3cc(F)c(nc31)-c1c(F)cc(CC(C)c3nccc4c3-n3c(=O)nc(N5C[C@@H](C)N(C(=O)/C=C/C#N)C[C@@H]5C)c5cc(F)c(nc53)-c3c(F)cccc3OCCC4)cc1OCCC2. The van der Waals surface area contributed by atoms with Crippen molar-refractivity contribution in [3.05, 3.63) is 164 Å². The summed E-state index contributed by atoms with van der Waals surface area (Å²) in [5.41, 5.74) is 0.230. The Balaban J connectivity index is 0.989. The van der Waals surface area contributed by atoms with E-state index in [9.17, 15) is 14.4 Å². The Hall–Kier alpha value is -10.4. The Morgan fingerprint density at radius 2 is 1.10 bits per heavy atom. The predicted octanol–water partition coefficient (Wildman–Crippen LogP) is 9.69. The van der Waals surface area contributed by atoms with Crippen LogP contribution >= 0.6 is 0 Å². The number of carbonyl (C=O) groups is 2. The van der Waals surface area contributed by atoms with E-state index in [1.54, 1.807) is 52.2 Å². The van der Waals surface area contributed by atoms with Crippen molar-refractivity contribution in [3.63, 3.8) is 0 Å². The van der Waals surface area contributed by atoms with E-state index in [1.165, 1.54) is 57.7 Å². The van der Waals surface area contributed by atoms with Crippen molar-refractivity contribution in [3.8, 4) is 57.5 Å². The van der Waals surface area contributed by atoms with Crippen LogP contribution < -0.4 is 30.7 Å². The number of amides is 2. The monoisotopic (exact) mass is 1250 g/mol. The van der Waals surface area contributed by atoms with Gasteiger partial charge < -0.3 is 29.1 Å². The summed E-state index contributed by atoms with van der Waals surface area (Å²) in [6.07, 6.45) is 9.27. The summed E-state index contributed by atoms with van der Waals surface area (Å²) in [6, 6.07) is 14.8. The molecule has 4 aliphatic rings. The Morgan fingerprint density at radius 1 is 0.609 bits per heavy atom. The van der Waals surface area contributed by atoms with Crippen molar-refractivity contribution < 1.29 is 36.6 Å². The van der Waals surface area contributed by atoms with Crippen molar-refractivity contribution in [2.75, 3.05) is 49.2 Å². The number of aromatic nitrogens is 8. The number of anilines is 2. The molecule has 4 aliphatic heterocycles. The first-order valence-electron chi connectivity index (χ1n) is 30.6. The molecule has 0 radical (unpaired) electrons. The van der Waals surface area contributed by atoms with Crippen LogP contribution in [0.5, 0.6) is 11.5 Å². The fourth-order valence-corrected chi connectivity index (χ4v) is 13.3. The standard InChI is InChI=1S/C68H64F4N14O6/c1-36(2)57-61-43(19-23-75-57)13-12-26-92-52-29-42(28-48(70)56(52)60-50(72)31-45-63(79-67(89)85(61)65(45)78-60)83-34-38(4)81(32-40(83)6)53(87)17-9-21-73)27-37(3)58-62-44(20-24-76-58)14-11-25-91-51-16-8-15-47(69)55(51)59-49(71)30-46-64(80-68(90)86(62)66(46)77-59)84-35-39(5)82(33-41(84)7)54(88)18-10-22-74/h8-10,15-20,23-24,28-31,36-41H,11-14,25-27,32-35H2,1-7H3/b17-9+,18-10+/t37?,38-,39-,40+,41+/m1/s1. The number of halogens is 4. The van der Waals surface area contributed by atoms with E-state index >= 15 is 22.4 Å². The number of nitrogens with zero attached hydrogens (tertiary/aromatic N) is 14. The number of rotatable bonds is 8. The number of hydrogen-bond acceptors (Lipinski definition) is 16. The lowest BCUT2D eigenvalue weighted by Gasteiger charge is -2.44. The highest BCUT2D eigenvalue weighted by Gasteiger charge is 2.38. The van der Waals surface area contributed by atoms with E-state index in [4.69, 9.17) is 39.9 Å². The maximum Gasteiger partial charge on any atom is 0.355 e. The van der Waals surface area contributed by atoms with Crippen molar-refractivity contribution in [2.45, 2.75) is 117 Å². The van der Waals surface area contributed by atoms with Gasteiger partial charge in [0.2, 0.25) is 11.8 Å². The minimum absolute atomic E-state index is 0.0180. The lowest BCUT2D eigenvalue weighted by atomic mass is 9.92. The highest BCUT2D eigenvalue weighted by atomic mass is 19.1. The maximum atomic E-state index is 17.7. The van der Waals surface area contributed by atoms with Gasteiger partial charge in [0, 0.05) is 93.0 Å². The topological polar surface area (TPSA) is 234 Å². The van der Waals surface area contributed by atoms with Gasteiger partial charge in [0.25, 0.3) is 0 Å². The molecule has 5 atom stereocenters. The van der Waals surface area contributed by atoms with Gasteiger partial charge in [-0.1, -0.05) is 26.8 Å². The Kier molecular flexibility index (Phi) is 16.9. The van der Waals surface area contributed by atoms with Crippen molar-refractivity contribution in [2.24, 2.45) is 0 Å². The molecular formula is C68H64F4N14O6. The summed E-state index contributed by atoms with van der Waals surface area (Å²) in [4.78, 5) is 92.2. The molecule has 10 heterocycles. The predicted molar refractivity (Wildman–Crippen MR) is 336 cm³/mol. The zero-order chi connectivity index (χ0) is 65.0. The highest BCUT2D eigenvalue weighted by molar-refractivity contribution is 5.94. The van der Waals surface area contributed by atoms with Crippen LogP contribution in [0.4, 0.5) is 29.2 Å². The minimum atomic E-state index is -0.944. The van der Waals surface area contributed by atoms with Gasteiger partial charge in [-0.25, -0.2) is 46.3 Å². The number of hydrogen-bond donors (Lipinski definition) is 0. The van der Waals surface area contributed by atoms with Crippen LogP contribution in [-0.2, 0) is 28.9 Å². The summed E-state index contributed by atoms with van der Waals surface area (Å²) in [7, 11) is 0. The zero-order valence-corrected chi connectivity index (χ0v) is 51.6. The van der Waals surface area contributed by atoms with E-state index in [1.807, 2.05) is 58.6 Å². The lowest BCUT2D eigenvalue weighted by Crippen LogP contribution is -2.58. The van der Waals surface area contributed by atoms with Gasteiger partial charge in [-0.05, 0) is 131 Å². The number of piperazine rings is 2. The average molecular weight is 1250 g/mol. The van der Waals surface area contributed by atoms with E-state index in [0.29, 0.717) is 53.9 Å². The van der Waals surface area contributed by atoms with Crippen LogP contribution in [0.2, 0.25) is 0 Å². The van der Waals surface area contributed by atoms with Crippen LogP contribution in [0, 0.1) is 45.9 Å². The third-order valence-corrected chi connectivity index (χ3v) is 17.6. The summed E-state index contributed by atoms with van der Waals surface area (Å²) in [6.45, 7) is 13.8. The van der Waals surface area contributed by atoms with Gasteiger partial charge in [0.1, 0.15) is 46.2 Å². The third kappa shape index (κ3) is 11.2. The van der Waals surface area contributed by atoms with Crippen LogP contribution in [0.1, 0.15) is 101 Å². The molecule has 1 unspecified atom stereocenters. The molecule has 8 aromatic rings. The number of fused-ring (bicyclic) bond motifs is 10. The molecule has 12 rings (SSSR count). The zero-order valence-electron chi connectivity index (χ0n) is 51.6. The first-order chi connectivity index (χ1) is 44.3. The van der Waals surface area contributed by atoms with Crippen molar-refractivity contribution in [1.29, 1.82) is 10.5 Å². The largest absolute Gasteiger partial charge is 0.493 e. The second-order valence-corrected chi connectivity index (χ2v) is 24.2. The van der Waals surface area contributed by atoms with Crippen LogP contribution in [0.25, 0.3) is 56.0 Å². The molecular weight excluding hydrogens is 1180 g/mol. The Bertz CT molecular complexity index is 4610. The van der Waals surface area contributed by atoms with Crippen LogP contribution in [-0.4, -0.2) is 124 Å². The van der Waals surface area contributed by atoms with Gasteiger partial charge in [0.05, 0.1) is 70.0 Å². The van der Waals surface area contributed by atoms with Crippen LogP contribution in [0.3, 0.4) is 0 Å². The van der Waals surface area contributed by atoms with E-state index in [0.717, 1.165) is 17.7 Å². The molecule has 6 aromatic heterocycles. The van der Waals surface area contributed by atoms with Gasteiger partial charge in [-0.15, -0.1) is 0 Å². The quantitative estimate of drug-likeness (QED) is 0.0782. The molecule has 0 saturated carbocycles. The minimum Gasteiger partial charge on any atom is -0.493 e. The second kappa shape index (κ2) is 25.1. The maximum absolute atomic E-state index is 17.7. The third-order valence-electron chi connectivity index (χ3n) is 17.6. The van der Waals surface area contributed by atoms with E-state index in [-0.39, 0.29) is 126 Å². The Morgan fingerprint density at radius 3 is 1.61 bits per heavy atom. The van der Waals surface area contributed by atoms with E-state index < -0.39 is 76.1 Å². The average Bonchev–Trinajstić information content (AvgIpc) is 0.745. The van der Waals surface area contributed by atoms with Crippen molar-refractivity contribution >= 4 is 45.5 Å². The normalized spacial score (nSPS) is 18.6. The second-order valence-electron chi connectivity index (χ2n) is 24.2. The van der Waals surface area contributed by atoms with Gasteiger partial charge in [0.15, 0.2) is 22.9 Å². The molecule has 2 saturated heterocycles. The molecule has 24 heteroatoms. The summed E-state index contributed by atoms with van der Waals surface area (Å²) in [5, 5.41) is 18.5. The molecule has 20 nitrogen and oxygen atoms in total. The fraction of sp³-hybridized carbons (Fsp3) is 0.353. The molecule has 0 N–H and O–H groups in total. The molecule has 2 fully saturated rings. The highest BCUT2D eigenvalue weighted by Crippen LogP contribution is 2.43. The number of allylic oxidation sites excluding steroid dienone is 2. The van der Waals surface area contributed by atoms with Gasteiger partial charge in [-0.3, -0.25) is 19.6 Å². The molecule has 0 spiro atoms. The van der Waals surface area contributed by atoms with E-state index in [2.05, 4.69) is 9.97 Å². The van der Waals surface area contributed by atoms with Crippen LogP contribution in [0.15, 0.2) is 101 Å². The Labute approximate surface area is 526 Å². The van der Waals surface area contributed by atoms with Gasteiger partial charge in [-0.2, -0.15) is 20.5 Å². The van der Waals surface area contributed by atoms with Gasteiger partial charge >= 0.3 is 11.4 Å². The number of carbonyl (C=O) groups excluding carboxylic acids is 2.